The third-order valence-electron chi connectivity index (χ3n) is 2.56. The fourth-order valence-electron chi connectivity index (χ4n) is 1.55. The molecule has 0 aliphatic heterocycles. The van der Waals surface area contributed by atoms with Crippen molar-refractivity contribution in [2.24, 2.45) is 0 Å². The summed E-state index contributed by atoms with van der Waals surface area (Å²) >= 11 is 0. The Morgan fingerprint density at radius 1 is 1.24 bits per heavy atom. The first-order valence-electron chi connectivity index (χ1n) is 4.92. The Kier molecular flexibility index (Phi) is 4.08. The molecule has 0 bridgehead atoms. The summed E-state index contributed by atoms with van der Waals surface area (Å²) in [7, 11) is 0. The largest absolute Gasteiger partial charge is 0.265 e. The van der Waals surface area contributed by atoms with Crippen LogP contribution in [0.5, 0.6) is 0 Å². The van der Waals surface area contributed by atoms with Gasteiger partial charge in [-0.25, -0.2) is 4.39 Å². The van der Waals surface area contributed by atoms with Gasteiger partial charge in [0.25, 0.3) is 0 Å². The van der Waals surface area contributed by atoms with Crippen molar-refractivity contribution in [3.8, 4) is 0 Å². The lowest BCUT2D eigenvalue weighted by Gasteiger charge is -2.14. The average Bonchev–Trinajstić information content (AvgIpc) is 2.26. The Morgan fingerprint density at radius 3 is 2.18 bits per heavy atom. The minimum absolute atomic E-state index is 0.396. The second kappa shape index (κ2) is 5.33. The zero-order valence-electron chi connectivity index (χ0n) is 9.08. The molecular weight excluding hydrogens is 231 g/mol. The van der Waals surface area contributed by atoms with Crippen molar-refractivity contribution < 1.29 is 14.2 Å². The van der Waals surface area contributed by atoms with E-state index in [9.17, 15) is 24.6 Å². The van der Waals surface area contributed by atoms with E-state index in [1.54, 1.807) is 0 Å². The molecule has 0 aliphatic rings. The van der Waals surface area contributed by atoms with Crippen molar-refractivity contribution in [1.82, 2.24) is 0 Å². The van der Waals surface area contributed by atoms with E-state index in [4.69, 9.17) is 0 Å². The predicted molar refractivity (Wildman–Crippen MR) is 57.5 cm³/mol. The van der Waals surface area contributed by atoms with Crippen LogP contribution in [-0.2, 0) is 0 Å². The van der Waals surface area contributed by atoms with Gasteiger partial charge in [-0.15, -0.1) is 0 Å². The van der Waals surface area contributed by atoms with E-state index in [2.05, 4.69) is 0 Å². The van der Waals surface area contributed by atoms with Crippen molar-refractivity contribution in [1.29, 1.82) is 0 Å². The third-order valence-corrected chi connectivity index (χ3v) is 2.56. The van der Waals surface area contributed by atoms with E-state index in [0.29, 0.717) is 5.56 Å². The number of hydrogen-bond acceptors (Lipinski definition) is 4. The van der Waals surface area contributed by atoms with Crippen molar-refractivity contribution in [3.63, 3.8) is 0 Å². The fourth-order valence-corrected chi connectivity index (χ4v) is 1.55. The molecule has 92 valence electrons. The number of benzene rings is 1. The monoisotopic (exact) mass is 242 g/mol. The van der Waals surface area contributed by atoms with Crippen LogP contribution in [0.15, 0.2) is 24.3 Å². The van der Waals surface area contributed by atoms with Crippen molar-refractivity contribution in [3.05, 3.63) is 55.9 Å². The number of nitrogens with zero attached hydrogens (tertiary/aromatic N) is 2. The van der Waals surface area contributed by atoms with Gasteiger partial charge in [0.1, 0.15) is 11.7 Å². The summed E-state index contributed by atoms with van der Waals surface area (Å²) in [6.45, 7) is 0.755. The first-order chi connectivity index (χ1) is 7.91. The van der Waals surface area contributed by atoms with Crippen LogP contribution in [0.3, 0.4) is 0 Å². The Morgan fingerprint density at radius 2 is 1.76 bits per heavy atom. The van der Waals surface area contributed by atoms with Gasteiger partial charge in [0.15, 0.2) is 0 Å². The maximum atomic E-state index is 12.7. The third kappa shape index (κ3) is 3.47. The molecule has 0 aromatic heterocycles. The Hall–Kier alpha value is -2.05. The van der Waals surface area contributed by atoms with E-state index in [1.165, 1.54) is 19.1 Å². The maximum absolute atomic E-state index is 12.7. The van der Waals surface area contributed by atoms with E-state index >= 15 is 0 Å². The quantitative estimate of drug-likeness (QED) is 0.582. The van der Waals surface area contributed by atoms with Crippen LogP contribution in [0, 0.1) is 26.0 Å². The van der Waals surface area contributed by atoms with E-state index in [-0.39, 0.29) is 0 Å². The Labute approximate surface area is 96.4 Å². The molecular formula is C10H11FN2O4. The number of rotatable bonds is 5. The van der Waals surface area contributed by atoms with Gasteiger partial charge in [-0.2, -0.15) is 0 Å². The second-order valence-electron chi connectivity index (χ2n) is 3.70. The standard InChI is InChI=1S/C10H11FN2O4/c1-7(13(16)17)10(6-12(14)15)8-2-4-9(11)5-3-8/h2-5,7,10H,6H2,1H3/t7-,10-/m0/s1. The average molecular weight is 242 g/mol. The summed E-state index contributed by atoms with van der Waals surface area (Å²) in [6.07, 6.45) is 0. The molecule has 0 heterocycles. The number of halogens is 1. The van der Waals surface area contributed by atoms with Gasteiger partial charge in [0.05, 0.1) is 0 Å². The molecule has 1 rings (SSSR count). The van der Waals surface area contributed by atoms with Crippen LogP contribution in [0.25, 0.3) is 0 Å². The zero-order valence-corrected chi connectivity index (χ0v) is 9.08. The molecule has 0 amide bonds. The van der Waals surface area contributed by atoms with Gasteiger partial charge in [-0.05, 0) is 17.7 Å². The molecule has 0 radical (unpaired) electrons. The molecule has 2 atom stereocenters. The molecule has 17 heavy (non-hydrogen) atoms. The van der Waals surface area contributed by atoms with Crippen LogP contribution in [-0.4, -0.2) is 22.4 Å². The fraction of sp³-hybridized carbons (Fsp3) is 0.400. The van der Waals surface area contributed by atoms with Crippen LogP contribution in [0.4, 0.5) is 4.39 Å². The highest BCUT2D eigenvalue weighted by atomic mass is 19.1. The highest BCUT2D eigenvalue weighted by Crippen LogP contribution is 2.22. The topological polar surface area (TPSA) is 86.3 Å². The second-order valence-corrected chi connectivity index (χ2v) is 3.70. The van der Waals surface area contributed by atoms with E-state index in [1.807, 2.05) is 0 Å². The summed E-state index contributed by atoms with van der Waals surface area (Å²) in [5, 5.41) is 21.2. The minimum Gasteiger partial charge on any atom is -0.265 e. The molecule has 0 saturated carbocycles. The van der Waals surface area contributed by atoms with Crippen molar-refractivity contribution in [2.75, 3.05) is 6.54 Å². The zero-order chi connectivity index (χ0) is 13.0. The summed E-state index contributed by atoms with van der Waals surface area (Å²) in [4.78, 5) is 20.0. The summed E-state index contributed by atoms with van der Waals surface area (Å²) in [6, 6.07) is 3.85. The molecule has 1 aromatic rings. The van der Waals surface area contributed by atoms with Crippen LogP contribution < -0.4 is 0 Å². The lowest BCUT2D eigenvalue weighted by Crippen LogP contribution is -2.29. The molecule has 7 heteroatoms. The first-order valence-corrected chi connectivity index (χ1v) is 4.92. The van der Waals surface area contributed by atoms with Gasteiger partial charge < -0.3 is 0 Å². The van der Waals surface area contributed by atoms with Crippen LogP contribution in [0.1, 0.15) is 18.4 Å². The van der Waals surface area contributed by atoms with Gasteiger partial charge in [0, 0.05) is 16.8 Å². The first kappa shape index (κ1) is 13.0. The number of nitro groups is 2. The molecule has 0 fully saturated rings. The normalized spacial score (nSPS) is 14.0. The van der Waals surface area contributed by atoms with Crippen molar-refractivity contribution in [2.45, 2.75) is 18.9 Å². The molecule has 1 aromatic carbocycles. The lowest BCUT2D eigenvalue weighted by atomic mass is 9.93. The molecule has 0 saturated heterocycles. The number of hydrogen-bond donors (Lipinski definition) is 0. The molecule has 0 unspecified atom stereocenters. The van der Waals surface area contributed by atoms with E-state index < -0.39 is 34.2 Å². The van der Waals surface area contributed by atoms with Gasteiger partial charge in [-0.3, -0.25) is 20.2 Å². The van der Waals surface area contributed by atoms with Crippen LogP contribution in [0.2, 0.25) is 0 Å². The Balaban J connectivity index is 3.01. The molecule has 6 nitrogen and oxygen atoms in total. The highest BCUT2D eigenvalue weighted by molar-refractivity contribution is 5.21. The molecule has 0 aliphatic carbocycles. The summed E-state index contributed by atoms with van der Waals surface area (Å²) in [5.41, 5.74) is 0.396. The maximum Gasteiger partial charge on any atom is 0.223 e. The smallest absolute Gasteiger partial charge is 0.223 e. The predicted octanol–water partition coefficient (Wildman–Crippen LogP) is 1.85. The van der Waals surface area contributed by atoms with Crippen molar-refractivity contribution >= 4 is 0 Å². The minimum atomic E-state index is -1.09. The highest BCUT2D eigenvalue weighted by Gasteiger charge is 2.32. The van der Waals surface area contributed by atoms with E-state index in [0.717, 1.165) is 12.1 Å². The van der Waals surface area contributed by atoms with Gasteiger partial charge in [-0.1, -0.05) is 12.1 Å². The SMILES string of the molecule is C[C@@H]([C@H](C[N+](=O)[O-])c1ccc(F)cc1)[N+](=O)[O-]. The van der Waals surface area contributed by atoms with Gasteiger partial charge >= 0.3 is 0 Å². The molecule has 0 spiro atoms. The van der Waals surface area contributed by atoms with Gasteiger partial charge in [0.2, 0.25) is 12.6 Å². The summed E-state index contributed by atoms with van der Waals surface area (Å²) in [5.74, 6) is -1.34. The lowest BCUT2D eigenvalue weighted by molar-refractivity contribution is -0.543. The Bertz CT molecular complexity index is 421. The summed E-state index contributed by atoms with van der Waals surface area (Å²) < 4.78 is 12.7. The van der Waals surface area contributed by atoms with Crippen LogP contribution >= 0.6 is 0 Å². The molecule has 0 N–H and O–H groups in total.